The SMILES string of the molecule is O=C(O)COc1cccc(/C=N\NC(=O)c2ccc(F)cc2)c1. The summed E-state index contributed by atoms with van der Waals surface area (Å²) in [6, 6.07) is 11.6. The van der Waals surface area contributed by atoms with Crippen LogP contribution in [0.2, 0.25) is 0 Å². The highest BCUT2D eigenvalue weighted by molar-refractivity contribution is 5.94. The Kier molecular flexibility index (Phi) is 5.40. The number of aliphatic carboxylic acids is 1. The van der Waals surface area contributed by atoms with E-state index in [2.05, 4.69) is 10.5 Å². The molecule has 2 rings (SSSR count). The minimum atomic E-state index is -1.07. The number of halogens is 1. The topological polar surface area (TPSA) is 88.0 Å². The van der Waals surface area contributed by atoms with Crippen LogP contribution >= 0.6 is 0 Å². The van der Waals surface area contributed by atoms with E-state index in [1.807, 2.05) is 0 Å². The summed E-state index contributed by atoms with van der Waals surface area (Å²) in [6.45, 7) is -0.443. The molecule has 0 fully saturated rings. The first-order chi connectivity index (χ1) is 11.0. The number of rotatable bonds is 6. The molecule has 0 aliphatic rings. The molecule has 2 N–H and O–H groups in total. The van der Waals surface area contributed by atoms with Crippen LogP contribution in [-0.2, 0) is 4.79 Å². The number of nitrogens with one attached hydrogen (secondary N) is 1. The van der Waals surface area contributed by atoms with Crippen LogP contribution in [0.3, 0.4) is 0 Å². The second-order valence-corrected chi connectivity index (χ2v) is 4.46. The molecular formula is C16H13FN2O4. The van der Waals surface area contributed by atoms with Gasteiger partial charge in [-0.05, 0) is 42.0 Å². The Morgan fingerprint density at radius 1 is 1.22 bits per heavy atom. The molecular weight excluding hydrogens is 303 g/mol. The predicted octanol–water partition coefficient (Wildman–Crippen LogP) is 2.05. The predicted molar refractivity (Wildman–Crippen MR) is 81.0 cm³/mol. The van der Waals surface area contributed by atoms with Crippen LogP contribution in [-0.4, -0.2) is 29.8 Å². The van der Waals surface area contributed by atoms with Crippen molar-refractivity contribution in [2.45, 2.75) is 0 Å². The summed E-state index contributed by atoms with van der Waals surface area (Å²) >= 11 is 0. The van der Waals surface area contributed by atoms with E-state index in [0.717, 1.165) is 0 Å². The van der Waals surface area contributed by atoms with Crippen LogP contribution in [0, 0.1) is 5.82 Å². The third-order valence-corrected chi connectivity index (χ3v) is 2.71. The largest absolute Gasteiger partial charge is 0.482 e. The van der Waals surface area contributed by atoms with Crippen molar-refractivity contribution in [3.05, 3.63) is 65.5 Å². The van der Waals surface area contributed by atoms with Crippen molar-refractivity contribution in [2.75, 3.05) is 6.61 Å². The Morgan fingerprint density at radius 3 is 2.65 bits per heavy atom. The van der Waals surface area contributed by atoms with Crippen molar-refractivity contribution in [3.63, 3.8) is 0 Å². The number of carboxylic acids is 1. The molecule has 0 spiro atoms. The maximum absolute atomic E-state index is 12.8. The fourth-order valence-corrected chi connectivity index (χ4v) is 1.66. The van der Waals surface area contributed by atoms with Gasteiger partial charge in [-0.15, -0.1) is 0 Å². The highest BCUT2D eigenvalue weighted by atomic mass is 19.1. The summed E-state index contributed by atoms with van der Waals surface area (Å²) in [5.41, 5.74) is 3.21. The number of amides is 1. The molecule has 0 radical (unpaired) electrons. The molecule has 7 heteroatoms. The number of carbonyl (C=O) groups is 2. The molecule has 23 heavy (non-hydrogen) atoms. The van der Waals surface area contributed by atoms with Crippen molar-refractivity contribution < 1.29 is 23.8 Å². The van der Waals surface area contributed by atoms with Crippen LogP contribution in [0.1, 0.15) is 15.9 Å². The van der Waals surface area contributed by atoms with Crippen LogP contribution in [0.4, 0.5) is 4.39 Å². The molecule has 0 atom stereocenters. The highest BCUT2D eigenvalue weighted by Gasteiger charge is 2.03. The zero-order valence-electron chi connectivity index (χ0n) is 11.9. The number of nitrogens with zero attached hydrogens (tertiary/aromatic N) is 1. The van der Waals surface area contributed by atoms with Gasteiger partial charge in [0.25, 0.3) is 5.91 Å². The third kappa shape index (κ3) is 5.24. The molecule has 118 valence electrons. The Morgan fingerprint density at radius 2 is 1.96 bits per heavy atom. The number of benzene rings is 2. The van der Waals surface area contributed by atoms with Crippen molar-refractivity contribution in [1.29, 1.82) is 0 Å². The second-order valence-electron chi connectivity index (χ2n) is 4.46. The number of ether oxygens (including phenoxy) is 1. The van der Waals surface area contributed by atoms with Gasteiger partial charge in [0.2, 0.25) is 0 Å². The first-order valence-electron chi connectivity index (χ1n) is 6.58. The first kappa shape index (κ1) is 16.2. The van der Waals surface area contributed by atoms with E-state index < -0.39 is 24.3 Å². The number of hydrazone groups is 1. The smallest absolute Gasteiger partial charge is 0.341 e. The number of carbonyl (C=O) groups excluding carboxylic acids is 1. The van der Waals surface area contributed by atoms with E-state index >= 15 is 0 Å². The van der Waals surface area contributed by atoms with Gasteiger partial charge in [0.05, 0.1) is 6.21 Å². The molecule has 0 aliphatic heterocycles. The third-order valence-electron chi connectivity index (χ3n) is 2.71. The fraction of sp³-hybridized carbons (Fsp3) is 0.0625. The van der Waals surface area contributed by atoms with Gasteiger partial charge in [-0.1, -0.05) is 12.1 Å². The van der Waals surface area contributed by atoms with Crippen LogP contribution in [0.15, 0.2) is 53.6 Å². The average Bonchev–Trinajstić information content (AvgIpc) is 2.54. The monoisotopic (exact) mass is 316 g/mol. The molecule has 0 saturated carbocycles. The van der Waals surface area contributed by atoms with Gasteiger partial charge < -0.3 is 9.84 Å². The summed E-state index contributed by atoms with van der Waals surface area (Å²) in [5.74, 6) is -1.60. The molecule has 2 aromatic rings. The van der Waals surface area contributed by atoms with E-state index in [4.69, 9.17) is 9.84 Å². The van der Waals surface area contributed by atoms with Crippen LogP contribution < -0.4 is 10.2 Å². The van der Waals surface area contributed by atoms with E-state index in [9.17, 15) is 14.0 Å². The lowest BCUT2D eigenvalue weighted by atomic mass is 10.2. The van der Waals surface area contributed by atoms with E-state index in [-0.39, 0.29) is 5.56 Å². The lowest BCUT2D eigenvalue weighted by Crippen LogP contribution is -2.17. The minimum Gasteiger partial charge on any atom is -0.482 e. The van der Waals surface area contributed by atoms with Gasteiger partial charge >= 0.3 is 5.97 Å². The summed E-state index contributed by atoms with van der Waals surface area (Å²) in [7, 11) is 0. The summed E-state index contributed by atoms with van der Waals surface area (Å²) in [4.78, 5) is 22.2. The second kappa shape index (κ2) is 7.69. The number of hydrogen-bond acceptors (Lipinski definition) is 4. The molecule has 0 aromatic heterocycles. The van der Waals surface area contributed by atoms with Crippen molar-refractivity contribution in [2.24, 2.45) is 5.10 Å². The lowest BCUT2D eigenvalue weighted by molar-refractivity contribution is -0.139. The van der Waals surface area contributed by atoms with Gasteiger partial charge in [0.15, 0.2) is 6.61 Å². The number of hydrogen-bond donors (Lipinski definition) is 2. The van der Waals surface area contributed by atoms with E-state index in [0.29, 0.717) is 11.3 Å². The highest BCUT2D eigenvalue weighted by Crippen LogP contribution is 2.11. The normalized spacial score (nSPS) is 10.5. The molecule has 2 aromatic carbocycles. The van der Waals surface area contributed by atoms with Crippen molar-refractivity contribution in [3.8, 4) is 5.75 Å². The molecule has 0 unspecified atom stereocenters. The lowest BCUT2D eigenvalue weighted by Gasteiger charge is -2.03. The van der Waals surface area contributed by atoms with Crippen LogP contribution in [0.5, 0.6) is 5.75 Å². The molecule has 0 saturated heterocycles. The molecule has 0 bridgehead atoms. The van der Waals surface area contributed by atoms with Crippen molar-refractivity contribution in [1.82, 2.24) is 5.43 Å². The molecule has 0 heterocycles. The fourth-order valence-electron chi connectivity index (χ4n) is 1.66. The number of carboxylic acid groups (broad SMARTS) is 1. The summed E-state index contributed by atoms with van der Waals surface area (Å²) < 4.78 is 17.8. The maximum Gasteiger partial charge on any atom is 0.341 e. The standard InChI is InChI=1S/C16H13FN2O4/c17-13-6-4-12(5-7-13)16(22)19-18-9-11-2-1-3-14(8-11)23-10-15(20)21/h1-9H,10H2,(H,19,22)(H,20,21)/b18-9-. The zero-order chi connectivity index (χ0) is 16.7. The maximum atomic E-state index is 12.8. The summed E-state index contributed by atoms with van der Waals surface area (Å²) in [5, 5.41) is 12.3. The molecule has 0 aliphatic carbocycles. The molecule has 1 amide bonds. The van der Waals surface area contributed by atoms with Gasteiger partial charge in [0, 0.05) is 5.56 Å². The van der Waals surface area contributed by atoms with Gasteiger partial charge in [-0.3, -0.25) is 4.79 Å². The average molecular weight is 316 g/mol. The Labute approximate surface area is 131 Å². The minimum absolute atomic E-state index is 0.280. The quantitative estimate of drug-likeness (QED) is 0.630. The first-order valence-corrected chi connectivity index (χ1v) is 6.58. The van der Waals surface area contributed by atoms with E-state index in [1.54, 1.807) is 24.3 Å². The van der Waals surface area contributed by atoms with Gasteiger partial charge in [-0.2, -0.15) is 5.10 Å². The van der Waals surface area contributed by atoms with Gasteiger partial charge in [0.1, 0.15) is 11.6 Å². The van der Waals surface area contributed by atoms with Gasteiger partial charge in [-0.25, -0.2) is 14.6 Å². The van der Waals surface area contributed by atoms with Crippen molar-refractivity contribution >= 4 is 18.1 Å². The zero-order valence-corrected chi connectivity index (χ0v) is 11.9. The Balaban J connectivity index is 1.94. The van der Waals surface area contributed by atoms with E-state index in [1.165, 1.54) is 30.5 Å². The molecule has 6 nitrogen and oxygen atoms in total. The Bertz CT molecular complexity index is 729. The summed E-state index contributed by atoms with van der Waals surface area (Å²) in [6.07, 6.45) is 1.38. The Hall–Kier alpha value is -3.22. The van der Waals surface area contributed by atoms with Crippen LogP contribution in [0.25, 0.3) is 0 Å².